The summed E-state index contributed by atoms with van der Waals surface area (Å²) in [4.78, 5) is 0. The summed E-state index contributed by atoms with van der Waals surface area (Å²) in [6.07, 6.45) is 6.62. The van der Waals surface area contributed by atoms with Crippen LogP contribution in [0.3, 0.4) is 0 Å². The van der Waals surface area contributed by atoms with Crippen molar-refractivity contribution in [3.05, 3.63) is 0 Å². The molecule has 0 bridgehead atoms. The molecule has 0 aliphatic heterocycles. The van der Waals surface area contributed by atoms with Crippen molar-refractivity contribution < 1.29 is 4.74 Å². The van der Waals surface area contributed by atoms with Crippen LogP contribution in [0.15, 0.2) is 0 Å². The van der Waals surface area contributed by atoms with Crippen LogP contribution in [0.1, 0.15) is 59.8 Å². The van der Waals surface area contributed by atoms with Gasteiger partial charge in [-0.15, -0.1) is 0 Å². The molecule has 2 atom stereocenters. The third-order valence-electron chi connectivity index (χ3n) is 3.46. The van der Waals surface area contributed by atoms with Gasteiger partial charge in [0.2, 0.25) is 0 Å². The van der Waals surface area contributed by atoms with Crippen molar-refractivity contribution in [2.45, 2.75) is 77.5 Å². The predicted octanol–water partition coefficient (Wildman–Crippen LogP) is 3.11. The van der Waals surface area contributed by atoms with Crippen LogP contribution in [0, 0.1) is 0 Å². The maximum atomic E-state index is 6.16. The number of hydrogen-bond acceptors (Lipinski definition) is 2. The Morgan fingerprint density at radius 3 is 2.60 bits per heavy atom. The lowest BCUT2D eigenvalue weighted by molar-refractivity contribution is -0.0896. The van der Waals surface area contributed by atoms with Crippen LogP contribution in [0.4, 0.5) is 0 Å². The Labute approximate surface area is 94.8 Å². The average molecular weight is 213 g/mol. The molecule has 2 heteroatoms. The second-order valence-corrected chi connectivity index (χ2v) is 5.27. The number of rotatable bonds is 5. The van der Waals surface area contributed by atoms with Gasteiger partial charge in [0.05, 0.1) is 11.7 Å². The first kappa shape index (κ1) is 13.0. The first-order chi connectivity index (χ1) is 7.07. The molecule has 1 rings (SSSR count). The Morgan fingerprint density at radius 2 is 2.00 bits per heavy atom. The summed E-state index contributed by atoms with van der Waals surface area (Å²) < 4.78 is 6.16. The topological polar surface area (TPSA) is 21.3 Å². The fourth-order valence-corrected chi connectivity index (χ4v) is 2.26. The van der Waals surface area contributed by atoms with Crippen LogP contribution in [-0.4, -0.2) is 24.3 Å². The van der Waals surface area contributed by atoms with Gasteiger partial charge in [-0.2, -0.15) is 0 Å². The summed E-state index contributed by atoms with van der Waals surface area (Å²) in [5, 5.41) is 3.54. The van der Waals surface area contributed by atoms with Gasteiger partial charge in [0, 0.05) is 6.04 Å². The molecule has 1 aliphatic rings. The van der Waals surface area contributed by atoms with E-state index >= 15 is 0 Å². The molecule has 1 aliphatic carbocycles. The molecule has 0 radical (unpaired) electrons. The minimum atomic E-state index is 0.0543. The van der Waals surface area contributed by atoms with Crippen LogP contribution in [0.5, 0.6) is 0 Å². The van der Waals surface area contributed by atoms with E-state index in [1.54, 1.807) is 0 Å². The van der Waals surface area contributed by atoms with Crippen molar-refractivity contribution in [3.8, 4) is 0 Å². The molecule has 0 saturated heterocycles. The smallest absolute Gasteiger partial charge is 0.0627 e. The molecule has 1 N–H and O–H groups in total. The van der Waals surface area contributed by atoms with Crippen molar-refractivity contribution in [2.75, 3.05) is 6.54 Å². The molecule has 90 valence electrons. The average Bonchev–Trinajstić information content (AvgIpc) is 2.18. The Morgan fingerprint density at radius 1 is 1.27 bits per heavy atom. The molecule has 0 aromatic carbocycles. The first-order valence-electron chi connectivity index (χ1n) is 6.48. The Bertz CT molecular complexity index is 177. The molecular formula is C13H27NO. The Balaban J connectivity index is 2.36. The van der Waals surface area contributed by atoms with Gasteiger partial charge in [-0.05, 0) is 52.5 Å². The van der Waals surface area contributed by atoms with Crippen LogP contribution in [0.25, 0.3) is 0 Å². The number of ether oxygens (including phenoxy) is 1. The van der Waals surface area contributed by atoms with Gasteiger partial charge in [-0.3, -0.25) is 0 Å². The highest BCUT2D eigenvalue weighted by Gasteiger charge is 2.27. The van der Waals surface area contributed by atoms with Crippen molar-refractivity contribution in [3.63, 3.8) is 0 Å². The van der Waals surface area contributed by atoms with Gasteiger partial charge in [0.15, 0.2) is 0 Å². The molecule has 0 amide bonds. The minimum absolute atomic E-state index is 0.0543. The van der Waals surface area contributed by atoms with Crippen molar-refractivity contribution >= 4 is 0 Å². The molecule has 2 nitrogen and oxygen atoms in total. The zero-order valence-corrected chi connectivity index (χ0v) is 10.8. The van der Waals surface area contributed by atoms with Gasteiger partial charge in [0.25, 0.3) is 0 Å². The summed E-state index contributed by atoms with van der Waals surface area (Å²) in [5.74, 6) is 0. The molecule has 15 heavy (non-hydrogen) atoms. The first-order valence-corrected chi connectivity index (χ1v) is 6.48. The minimum Gasteiger partial charge on any atom is -0.372 e. The Hall–Kier alpha value is -0.0800. The maximum absolute atomic E-state index is 6.16. The van der Waals surface area contributed by atoms with E-state index in [0.29, 0.717) is 12.1 Å². The van der Waals surface area contributed by atoms with E-state index in [-0.39, 0.29) is 5.60 Å². The molecule has 0 spiro atoms. The maximum Gasteiger partial charge on any atom is 0.0627 e. The second-order valence-electron chi connectivity index (χ2n) is 5.27. The van der Waals surface area contributed by atoms with E-state index in [2.05, 4.69) is 33.0 Å². The lowest BCUT2D eigenvalue weighted by Crippen LogP contribution is -2.40. The van der Waals surface area contributed by atoms with E-state index < -0.39 is 0 Å². The lowest BCUT2D eigenvalue weighted by atomic mass is 9.92. The third kappa shape index (κ3) is 4.52. The normalized spacial score (nSPS) is 28.0. The predicted molar refractivity (Wildman–Crippen MR) is 65.2 cm³/mol. The Kier molecular flexibility index (Phi) is 5.07. The second kappa shape index (κ2) is 5.86. The molecule has 1 fully saturated rings. The van der Waals surface area contributed by atoms with Gasteiger partial charge < -0.3 is 10.1 Å². The van der Waals surface area contributed by atoms with Crippen LogP contribution < -0.4 is 5.32 Å². The largest absolute Gasteiger partial charge is 0.372 e. The van der Waals surface area contributed by atoms with Crippen LogP contribution >= 0.6 is 0 Å². The molecule has 1 saturated carbocycles. The standard InChI is InChI=1S/C13H27NO/c1-5-13(3,4)15-12-9-7-8-11(10-12)14-6-2/h11-12,14H,5-10H2,1-4H3. The summed E-state index contributed by atoms with van der Waals surface area (Å²) >= 11 is 0. The summed E-state index contributed by atoms with van der Waals surface area (Å²) in [5.41, 5.74) is 0.0543. The molecular weight excluding hydrogens is 186 g/mol. The molecule has 0 aromatic rings. The van der Waals surface area contributed by atoms with Crippen molar-refractivity contribution in [1.29, 1.82) is 0 Å². The monoisotopic (exact) mass is 213 g/mol. The van der Waals surface area contributed by atoms with E-state index in [1.807, 2.05) is 0 Å². The van der Waals surface area contributed by atoms with Crippen molar-refractivity contribution in [1.82, 2.24) is 5.32 Å². The van der Waals surface area contributed by atoms with Gasteiger partial charge in [-0.25, -0.2) is 0 Å². The summed E-state index contributed by atoms with van der Waals surface area (Å²) in [6.45, 7) is 9.85. The fourth-order valence-electron chi connectivity index (χ4n) is 2.26. The highest BCUT2D eigenvalue weighted by atomic mass is 16.5. The third-order valence-corrected chi connectivity index (χ3v) is 3.46. The SMILES string of the molecule is CCNC1CCCC(OC(C)(C)CC)C1. The molecule has 0 aromatic heterocycles. The van der Waals surface area contributed by atoms with E-state index in [4.69, 9.17) is 4.74 Å². The zero-order chi connectivity index (χ0) is 11.3. The quantitative estimate of drug-likeness (QED) is 0.757. The molecule has 0 heterocycles. The fraction of sp³-hybridized carbons (Fsp3) is 1.00. The van der Waals surface area contributed by atoms with E-state index in [1.165, 1.54) is 25.7 Å². The van der Waals surface area contributed by atoms with Gasteiger partial charge >= 0.3 is 0 Å². The van der Waals surface area contributed by atoms with Gasteiger partial charge in [-0.1, -0.05) is 13.8 Å². The van der Waals surface area contributed by atoms with E-state index in [9.17, 15) is 0 Å². The number of nitrogens with one attached hydrogen (secondary N) is 1. The number of hydrogen-bond donors (Lipinski definition) is 1. The van der Waals surface area contributed by atoms with E-state index in [0.717, 1.165) is 13.0 Å². The molecule has 2 unspecified atom stereocenters. The zero-order valence-electron chi connectivity index (χ0n) is 10.8. The van der Waals surface area contributed by atoms with Crippen LogP contribution in [-0.2, 0) is 4.74 Å². The highest BCUT2D eigenvalue weighted by molar-refractivity contribution is 4.80. The lowest BCUT2D eigenvalue weighted by Gasteiger charge is -2.35. The van der Waals surface area contributed by atoms with Crippen LogP contribution in [0.2, 0.25) is 0 Å². The van der Waals surface area contributed by atoms with Crippen molar-refractivity contribution in [2.24, 2.45) is 0 Å². The van der Waals surface area contributed by atoms with Gasteiger partial charge in [0.1, 0.15) is 0 Å². The highest BCUT2D eigenvalue weighted by Crippen LogP contribution is 2.26. The summed E-state index contributed by atoms with van der Waals surface area (Å²) in [7, 11) is 0. The summed E-state index contributed by atoms with van der Waals surface area (Å²) in [6, 6.07) is 0.682.